The number of likely N-dealkylation sites (tertiary alicyclic amines) is 1. The number of para-hydroxylation sites is 1. The van der Waals surface area contributed by atoms with Crippen molar-refractivity contribution in [3.63, 3.8) is 0 Å². The molecule has 0 bridgehead atoms. The Hall–Kier alpha value is -2.33. The van der Waals surface area contributed by atoms with Crippen molar-refractivity contribution in [3.8, 4) is 5.75 Å². The van der Waals surface area contributed by atoms with E-state index in [4.69, 9.17) is 4.74 Å². The molecule has 4 heteroatoms. The van der Waals surface area contributed by atoms with Gasteiger partial charge in [-0.25, -0.2) is 0 Å². The van der Waals surface area contributed by atoms with E-state index in [-0.39, 0.29) is 11.9 Å². The number of piperidine rings is 1. The Balaban J connectivity index is 1.41. The molecule has 25 heavy (non-hydrogen) atoms. The summed E-state index contributed by atoms with van der Waals surface area (Å²) in [5.41, 5.74) is 1.34. The van der Waals surface area contributed by atoms with E-state index >= 15 is 0 Å². The molecular weight excluding hydrogens is 312 g/mol. The minimum Gasteiger partial charge on any atom is -0.481 e. The van der Waals surface area contributed by atoms with Crippen LogP contribution in [0.25, 0.3) is 0 Å². The van der Waals surface area contributed by atoms with Gasteiger partial charge in [-0.3, -0.25) is 9.69 Å². The fourth-order valence-electron chi connectivity index (χ4n) is 3.15. The molecule has 132 valence electrons. The number of carbonyl (C=O) groups is 1. The Kier molecular flexibility index (Phi) is 6.07. The van der Waals surface area contributed by atoms with Gasteiger partial charge >= 0.3 is 0 Å². The molecule has 4 nitrogen and oxygen atoms in total. The Labute approximate surface area is 149 Å². The first-order valence-electron chi connectivity index (χ1n) is 8.99. The number of hydrogen-bond acceptors (Lipinski definition) is 3. The van der Waals surface area contributed by atoms with Crippen molar-refractivity contribution in [2.45, 2.75) is 38.5 Å². The third-order valence-corrected chi connectivity index (χ3v) is 4.61. The molecule has 0 aromatic heterocycles. The predicted octanol–water partition coefficient (Wildman–Crippen LogP) is 3.23. The summed E-state index contributed by atoms with van der Waals surface area (Å²) < 4.78 is 5.70. The number of carbonyl (C=O) groups excluding carboxylic acids is 1. The van der Waals surface area contributed by atoms with Crippen molar-refractivity contribution in [2.24, 2.45) is 0 Å². The summed E-state index contributed by atoms with van der Waals surface area (Å²) in [5, 5.41) is 3.13. The number of ether oxygens (including phenoxy) is 1. The van der Waals surface area contributed by atoms with Gasteiger partial charge < -0.3 is 10.1 Å². The Morgan fingerprint density at radius 3 is 2.32 bits per heavy atom. The number of hydrogen-bond donors (Lipinski definition) is 1. The van der Waals surface area contributed by atoms with Crippen LogP contribution in [0.3, 0.4) is 0 Å². The molecule has 1 heterocycles. The first kappa shape index (κ1) is 17.5. The molecule has 1 atom stereocenters. The van der Waals surface area contributed by atoms with Crippen LogP contribution in [-0.4, -0.2) is 36.0 Å². The van der Waals surface area contributed by atoms with Gasteiger partial charge in [0.2, 0.25) is 0 Å². The summed E-state index contributed by atoms with van der Waals surface area (Å²) in [7, 11) is 0. The van der Waals surface area contributed by atoms with Crippen LogP contribution >= 0.6 is 0 Å². The molecule has 0 radical (unpaired) electrons. The molecule has 1 N–H and O–H groups in total. The van der Waals surface area contributed by atoms with Gasteiger partial charge in [-0.15, -0.1) is 0 Å². The summed E-state index contributed by atoms with van der Waals surface area (Å²) >= 11 is 0. The number of rotatable bonds is 6. The Morgan fingerprint density at radius 1 is 1.08 bits per heavy atom. The van der Waals surface area contributed by atoms with Crippen LogP contribution in [0.15, 0.2) is 60.7 Å². The standard InChI is InChI=1S/C21H26N2O2/c1-17(25-20-10-6-3-7-11-20)21(24)22-19-12-14-23(15-13-19)16-18-8-4-2-5-9-18/h2-11,17,19H,12-16H2,1H3,(H,22,24)/t17-/m1/s1. The Morgan fingerprint density at radius 2 is 1.68 bits per heavy atom. The normalized spacial score (nSPS) is 17.0. The first-order chi connectivity index (χ1) is 12.2. The second kappa shape index (κ2) is 8.67. The lowest BCUT2D eigenvalue weighted by atomic mass is 10.0. The molecule has 1 fully saturated rings. The molecule has 0 unspecified atom stereocenters. The first-order valence-corrected chi connectivity index (χ1v) is 8.99. The molecule has 0 saturated carbocycles. The molecule has 0 spiro atoms. The van der Waals surface area contributed by atoms with Gasteiger partial charge in [-0.1, -0.05) is 48.5 Å². The van der Waals surface area contributed by atoms with Crippen LogP contribution in [0.2, 0.25) is 0 Å². The van der Waals surface area contributed by atoms with Gasteiger partial charge in [-0.05, 0) is 37.5 Å². The van der Waals surface area contributed by atoms with E-state index in [0.717, 1.165) is 38.2 Å². The number of nitrogens with zero attached hydrogens (tertiary/aromatic N) is 1. The average Bonchev–Trinajstić information content (AvgIpc) is 2.65. The maximum absolute atomic E-state index is 12.3. The molecule has 1 amide bonds. The molecular formula is C21H26N2O2. The van der Waals surface area contributed by atoms with E-state index in [1.807, 2.05) is 36.4 Å². The third kappa shape index (κ3) is 5.33. The van der Waals surface area contributed by atoms with E-state index in [9.17, 15) is 4.79 Å². The number of nitrogens with one attached hydrogen (secondary N) is 1. The predicted molar refractivity (Wildman–Crippen MR) is 99.4 cm³/mol. The van der Waals surface area contributed by atoms with E-state index in [1.54, 1.807) is 6.92 Å². The SMILES string of the molecule is C[C@@H](Oc1ccccc1)C(=O)NC1CCN(Cc2ccccc2)CC1. The number of amides is 1. The zero-order valence-electron chi connectivity index (χ0n) is 14.7. The average molecular weight is 338 g/mol. The summed E-state index contributed by atoms with van der Waals surface area (Å²) in [6.07, 6.45) is 1.48. The lowest BCUT2D eigenvalue weighted by Gasteiger charge is -2.32. The van der Waals surface area contributed by atoms with Crippen LogP contribution in [0.4, 0.5) is 0 Å². The van der Waals surface area contributed by atoms with Gasteiger partial charge in [0.05, 0.1) is 0 Å². The smallest absolute Gasteiger partial charge is 0.260 e. The lowest BCUT2D eigenvalue weighted by molar-refractivity contribution is -0.128. The number of benzene rings is 2. The quantitative estimate of drug-likeness (QED) is 0.879. The molecule has 2 aromatic rings. The van der Waals surface area contributed by atoms with Crippen molar-refractivity contribution < 1.29 is 9.53 Å². The van der Waals surface area contributed by atoms with Gasteiger partial charge in [0.15, 0.2) is 6.10 Å². The Bertz CT molecular complexity index is 652. The van der Waals surface area contributed by atoms with Crippen LogP contribution in [-0.2, 0) is 11.3 Å². The zero-order chi connectivity index (χ0) is 17.5. The fraction of sp³-hybridized carbons (Fsp3) is 0.381. The maximum atomic E-state index is 12.3. The highest BCUT2D eigenvalue weighted by Gasteiger charge is 2.23. The van der Waals surface area contributed by atoms with Crippen molar-refractivity contribution in [3.05, 3.63) is 66.2 Å². The third-order valence-electron chi connectivity index (χ3n) is 4.61. The van der Waals surface area contributed by atoms with Gasteiger partial charge in [0.25, 0.3) is 5.91 Å². The van der Waals surface area contributed by atoms with Crippen LogP contribution in [0, 0.1) is 0 Å². The topological polar surface area (TPSA) is 41.6 Å². The van der Waals surface area contributed by atoms with Crippen LogP contribution in [0.1, 0.15) is 25.3 Å². The van der Waals surface area contributed by atoms with Crippen LogP contribution in [0.5, 0.6) is 5.75 Å². The van der Waals surface area contributed by atoms with Crippen molar-refractivity contribution in [2.75, 3.05) is 13.1 Å². The van der Waals surface area contributed by atoms with Crippen LogP contribution < -0.4 is 10.1 Å². The summed E-state index contributed by atoms with van der Waals surface area (Å²) in [5.74, 6) is 0.688. The van der Waals surface area contributed by atoms with Gasteiger partial charge in [-0.2, -0.15) is 0 Å². The fourth-order valence-corrected chi connectivity index (χ4v) is 3.15. The minimum absolute atomic E-state index is 0.0367. The van der Waals surface area contributed by atoms with Crippen molar-refractivity contribution >= 4 is 5.91 Å². The zero-order valence-corrected chi connectivity index (χ0v) is 14.7. The molecule has 1 aliphatic heterocycles. The molecule has 0 aliphatic carbocycles. The minimum atomic E-state index is -0.482. The molecule has 2 aromatic carbocycles. The van der Waals surface area contributed by atoms with E-state index < -0.39 is 6.10 Å². The van der Waals surface area contributed by atoms with E-state index in [0.29, 0.717) is 0 Å². The molecule has 1 aliphatic rings. The van der Waals surface area contributed by atoms with Crippen molar-refractivity contribution in [1.82, 2.24) is 10.2 Å². The highest BCUT2D eigenvalue weighted by molar-refractivity contribution is 5.81. The monoisotopic (exact) mass is 338 g/mol. The maximum Gasteiger partial charge on any atom is 0.260 e. The van der Waals surface area contributed by atoms with E-state index in [1.165, 1.54) is 5.56 Å². The summed E-state index contributed by atoms with van der Waals surface area (Å²) in [6, 6.07) is 20.2. The highest BCUT2D eigenvalue weighted by atomic mass is 16.5. The second-order valence-electron chi connectivity index (χ2n) is 6.62. The van der Waals surface area contributed by atoms with Gasteiger partial charge in [0.1, 0.15) is 5.75 Å². The van der Waals surface area contributed by atoms with Crippen molar-refractivity contribution in [1.29, 1.82) is 0 Å². The molecule has 3 rings (SSSR count). The van der Waals surface area contributed by atoms with Gasteiger partial charge in [0, 0.05) is 25.7 Å². The van der Waals surface area contributed by atoms with E-state index in [2.05, 4.69) is 34.5 Å². The summed E-state index contributed by atoms with van der Waals surface area (Å²) in [4.78, 5) is 14.8. The largest absolute Gasteiger partial charge is 0.481 e. The highest BCUT2D eigenvalue weighted by Crippen LogP contribution is 2.15. The summed E-state index contributed by atoms with van der Waals surface area (Å²) in [6.45, 7) is 4.80. The second-order valence-corrected chi connectivity index (χ2v) is 6.62. The lowest BCUT2D eigenvalue weighted by Crippen LogP contribution is -2.47. The molecule has 1 saturated heterocycles.